The third kappa shape index (κ3) is 6.30. The minimum absolute atomic E-state index is 0.164. The number of benzene rings is 2. The molecule has 0 saturated carbocycles. The molecule has 0 atom stereocenters. The number of hydrogen-bond donors (Lipinski definition) is 2. The van der Waals surface area contributed by atoms with Gasteiger partial charge in [-0.25, -0.2) is 26.3 Å². The molecule has 0 aliphatic heterocycles. The lowest BCUT2D eigenvalue weighted by atomic mass is 10.2. The standard InChI is InChI=1S/C19H26N2O5S2/c1-4-26-17-7-11-18(12-8-17)27(22,23)20-14-13-16-5-9-19(10-6-16)28(24,25)21-15(2)3/h5-12,15,20-21H,4,13-14H2,1-3H3. The summed E-state index contributed by atoms with van der Waals surface area (Å²) in [6.45, 7) is 6.07. The highest BCUT2D eigenvalue weighted by atomic mass is 32.2. The third-order valence-corrected chi connectivity index (χ3v) is 6.93. The van der Waals surface area contributed by atoms with E-state index < -0.39 is 20.0 Å². The molecule has 0 unspecified atom stereocenters. The number of hydrogen-bond acceptors (Lipinski definition) is 5. The van der Waals surface area contributed by atoms with Crippen LogP contribution in [0, 0.1) is 0 Å². The predicted molar refractivity (Wildman–Crippen MR) is 108 cm³/mol. The molecule has 0 aliphatic rings. The van der Waals surface area contributed by atoms with Crippen LogP contribution >= 0.6 is 0 Å². The minimum atomic E-state index is -3.62. The van der Waals surface area contributed by atoms with Gasteiger partial charge < -0.3 is 4.74 Å². The van der Waals surface area contributed by atoms with Crippen molar-refractivity contribution in [2.75, 3.05) is 13.2 Å². The van der Waals surface area contributed by atoms with Crippen LogP contribution in [-0.2, 0) is 26.5 Å². The molecular weight excluding hydrogens is 400 g/mol. The molecule has 0 bridgehead atoms. The molecule has 2 rings (SSSR count). The summed E-state index contributed by atoms with van der Waals surface area (Å²) in [7, 11) is -7.15. The fourth-order valence-electron chi connectivity index (χ4n) is 2.51. The van der Waals surface area contributed by atoms with Gasteiger partial charge in [0.05, 0.1) is 16.4 Å². The molecule has 0 aromatic heterocycles. The molecule has 2 N–H and O–H groups in total. The van der Waals surface area contributed by atoms with E-state index in [9.17, 15) is 16.8 Å². The van der Waals surface area contributed by atoms with Gasteiger partial charge in [0.15, 0.2) is 0 Å². The molecule has 0 heterocycles. The van der Waals surface area contributed by atoms with Gasteiger partial charge in [0, 0.05) is 12.6 Å². The summed E-state index contributed by atoms with van der Waals surface area (Å²) in [5.74, 6) is 0.614. The molecule has 0 spiro atoms. The van der Waals surface area contributed by atoms with E-state index in [-0.39, 0.29) is 22.4 Å². The molecule has 0 aliphatic carbocycles. The topological polar surface area (TPSA) is 102 Å². The summed E-state index contributed by atoms with van der Waals surface area (Å²) in [4.78, 5) is 0.345. The normalized spacial score (nSPS) is 12.3. The Hall–Kier alpha value is -1.94. The second-order valence-electron chi connectivity index (χ2n) is 6.47. The van der Waals surface area contributed by atoms with Gasteiger partial charge in [0.2, 0.25) is 20.0 Å². The molecule has 0 saturated heterocycles. The maximum atomic E-state index is 12.3. The number of sulfonamides is 2. The zero-order valence-corrected chi connectivity index (χ0v) is 17.8. The summed E-state index contributed by atoms with van der Waals surface area (Å²) >= 11 is 0. The van der Waals surface area contributed by atoms with E-state index in [2.05, 4.69) is 9.44 Å². The highest BCUT2D eigenvalue weighted by Crippen LogP contribution is 2.16. The summed E-state index contributed by atoms with van der Waals surface area (Å²) in [5, 5.41) is 0. The van der Waals surface area contributed by atoms with Crippen molar-refractivity contribution in [1.82, 2.24) is 9.44 Å². The van der Waals surface area contributed by atoms with Crippen molar-refractivity contribution in [3.05, 3.63) is 54.1 Å². The molecule has 2 aromatic carbocycles. The second-order valence-corrected chi connectivity index (χ2v) is 9.95. The van der Waals surface area contributed by atoms with Gasteiger partial charge in [-0.2, -0.15) is 0 Å². The molecule has 0 radical (unpaired) electrons. The Labute approximate surface area is 167 Å². The van der Waals surface area contributed by atoms with Crippen LogP contribution in [0.15, 0.2) is 58.3 Å². The Balaban J connectivity index is 1.95. The fraction of sp³-hybridized carbons (Fsp3) is 0.368. The zero-order chi connectivity index (χ0) is 20.8. The molecule has 28 heavy (non-hydrogen) atoms. The first-order valence-corrected chi connectivity index (χ1v) is 11.9. The van der Waals surface area contributed by atoms with Gasteiger partial charge in [-0.3, -0.25) is 0 Å². The molecule has 0 fully saturated rings. The van der Waals surface area contributed by atoms with Crippen LogP contribution in [0.3, 0.4) is 0 Å². The molecule has 9 heteroatoms. The summed E-state index contributed by atoms with van der Waals surface area (Å²) in [6.07, 6.45) is 0.439. The van der Waals surface area contributed by atoms with Gasteiger partial charge in [-0.05, 0) is 69.2 Å². The van der Waals surface area contributed by atoms with Crippen molar-refractivity contribution in [2.24, 2.45) is 0 Å². The monoisotopic (exact) mass is 426 g/mol. The van der Waals surface area contributed by atoms with Crippen molar-refractivity contribution in [1.29, 1.82) is 0 Å². The van der Waals surface area contributed by atoms with Gasteiger partial charge in [-0.15, -0.1) is 0 Å². The predicted octanol–water partition coefficient (Wildman–Crippen LogP) is 2.29. The quantitative estimate of drug-likeness (QED) is 0.607. The highest BCUT2D eigenvalue weighted by Gasteiger charge is 2.16. The van der Waals surface area contributed by atoms with Crippen LogP contribution in [-0.4, -0.2) is 36.0 Å². The smallest absolute Gasteiger partial charge is 0.240 e. The van der Waals surface area contributed by atoms with Gasteiger partial charge >= 0.3 is 0 Å². The van der Waals surface area contributed by atoms with Crippen molar-refractivity contribution in [2.45, 2.75) is 43.0 Å². The maximum absolute atomic E-state index is 12.3. The average Bonchev–Trinajstić information content (AvgIpc) is 2.62. The molecule has 7 nitrogen and oxygen atoms in total. The van der Waals surface area contributed by atoms with Crippen LogP contribution in [0.4, 0.5) is 0 Å². The van der Waals surface area contributed by atoms with E-state index >= 15 is 0 Å². The van der Waals surface area contributed by atoms with Crippen LogP contribution in [0.25, 0.3) is 0 Å². The van der Waals surface area contributed by atoms with Crippen LogP contribution in [0.5, 0.6) is 5.75 Å². The minimum Gasteiger partial charge on any atom is -0.494 e. The van der Waals surface area contributed by atoms with Crippen LogP contribution < -0.4 is 14.2 Å². The molecule has 154 valence electrons. The van der Waals surface area contributed by atoms with E-state index in [1.165, 1.54) is 24.3 Å². The van der Waals surface area contributed by atoms with E-state index in [4.69, 9.17) is 4.74 Å². The maximum Gasteiger partial charge on any atom is 0.240 e. The Bertz CT molecular complexity index is 968. The van der Waals surface area contributed by atoms with Crippen LogP contribution in [0.1, 0.15) is 26.3 Å². The number of nitrogens with one attached hydrogen (secondary N) is 2. The van der Waals surface area contributed by atoms with Gasteiger partial charge in [0.25, 0.3) is 0 Å². The van der Waals surface area contributed by atoms with Crippen molar-refractivity contribution < 1.29 is 21.6 Å². The lowest BCUT2D eigenvalue weighted by Gasteiger charge is -2.10. The van der Waals surface area contributed by atoms with Gasteiger partial charge in [-0.1, -0.05) is 12.1 Å². The van der Waals surface area contributed by atoms with Crippen molar-refractivity contribution in [3.8, 4) is 5.75 Å². The average molecular weight is 427 g/mol. The van der Waals surface area contributed by atoms with Crippen molar-refractivity contribution in [3.63, 3.8) is 0 Å². The Morgan fingerprint density at radius 1 is 0.857 bits per heavy atom. The summed E-state index contributed by atoms with van der Waals surface area (Å²) in [6, 6.07) is 12.4. The third-order valence-electron chi connectivity index (χ3n) is 3.78. The lowest BCUT2D eigenvalue weighted by molar-refractivity contribution is 0.340. The fourth-order valence-corrected chi connectivity index (χ4v) is 4.79. The Morgan fingerprint density at radius 3 is 1.93 bits per heavy atom. The lowest BCUT2D eigenvalue weighted by Crippen LogP contribution is -2.30. The number of rotatable bonds is 10. The number of ether oxygens (including phenoxy) is 1. The van der Waals surface area contributed by atoms with Crippen molar-refractivity contribution >= 4 is 20.0 Å². The van der Waals surface area contributed by atoms with E-state index in [1.54, 1.807) is 38.1 Å². The first kappa shape index (κ1) is 22.4. The Morgan fingerprint density at radius 2 is 1.39 bits per heavy atom. The highest BCUT2D eigenvalue weighted by molar-refractivity contribution is 7.89. The first-order chi connectivity index (χ1) is 13.1. The molecule has 0 amide bonds. The Kier molecular flexibility index (Phi) is 7.59. The molecular formula is C19H26N2O5S2. The van der Waals surface area contributed by atoms with E-state index in [0.29, 0.717) is 18.8 Å². The molecule has 2 aromatic rings. The SMILES string of the molecule is CCOc1ccc(S(=O)(=O)NCCc2ccc(S(=O)(=O)NC(C)C)cc2)cc1. The largest absolute Gasteiger partial charge is 0.494 e. The van der Waals surface area contributed by atoms with E-state index in [1.807, 2.05) is 6.92 Å². The first-order valence-electron chi connectivity index (χ1n) is 8.98. The summed E-state index contributed by atoms with van der Waals surface area (Å²) < 4.78 is 59.3. The van der Waals surface area contributed by atoms with Crippen LogP contribution in [0.2, 0.25) is 0 Å². The zero-order valence-electron chi connectivity index (χ0n) is 16.2. The van der Waals surface area contributed by atoms with E-state index in [0.717, 1.165) is 5.56 Å². The van der Waals surface area contributed by atoms with Gasteiger partial charge in [0.1, 0.15) is 5.75 Å². The second kappa shape index (κ2) is 9.51. The summed E-state index contributed by atoms with van der Waals surface area (Å²) in [5.41, 5.74) is 0.831.